The molecule has 3 heteroatoms. The SMILES string of the molecule is Cc1ccccc1N(C)CC(O)(CN)c1ccccc1. The first-order valence-electron chi connectivity index (χ1n) is 6.81. The number of aliphatic hydroxyl groups is 1. The monoisotopic (exact) mass is 270 g/mol. The van der Waals surface area contributed by atoms with E-state index in [4.69, 9.17) is 5.73 Å². The van der Waals surface area contributed by atoms with E-state index >= 15 is 0 Å². The summed E-state index contributed by atoms with van der Waals surface area (Å²) in [5, 5.41) is 10.8. The Morgan fingerprint density at radius 1 is 1.05 bits per heavy atom. The van der Waals surface area contributed by atoms with Crippen LogP contribution in [0.4, 0.5) is 5.69 Å². The molecule has 2 aromatic carbocycles. The highest BCUT2D eigenvalue weighted by molar-refractivity contribution is 5.52. The van der Waals surface area contributed by atoms with Crippen LogP contribution in [-0.4, -0.2) is 25.2 Å². The number of benzene rings is 2. The fraction of sp³-hybridized carbons (Fsp3) is 0.294. The van der Waals surface area contributed by atoms with Gasteiger partial charge in [-0.05, 0) is 24.1 Å². The number of para-hydroxylation sites is 1. The molecule has 0 heterocycles. The molecule has 106 valence electrons. The van der Waals surface area contributed by atoms with Crippen molar-refractivity contribution in [1.29, 1.82) is 0 Å². The van der Waals surface area contributed by atoms with E-state index < -0.39 is 5.60 Å². The molecular formula is C17H22N2O. The summed E-state index contributed by atoms with van der Waals surface area (Å²) in [5.41, 5.74) is 7.92. The molecule has 0 spiro atoms. The molecule has 0 radical (unpaired) electrons. The molecule has 3 nitrogen and oxygen atoms in total. The van der Waals surface area contributed by atoms with Gasteiger partial charge in [0.1, 0.15) is 5.60 Å². The van der Waals surface area contributed by atoms with Crippen LogP contribution in [0.5, 0.6) is 0 Å². The Morgan fingerprint density at radius 3 is 2.25 bits per heavy atom. The van der Waals surface area contributed by atoms with Crippen LogP contribution in [0.1, 0.15) is 11.1 Å². The van der Waals surface area contributed by atoms with E-state index in [1.807, 2.05) is 49.5 Å². The second-order valence-electron chi connectivity index (χ2n) is 5.24. The molecule has 3 N–H and O–H groups in total. The molecule has 0 amide bonds. The fourth-order valence-corrected chi connectivity index (χ4v) is 2.49. The maximum absolute atomic E-state index is 10.8. The van der Waals surface area contributed by atoms with Crippen LogP contribution in [0.15, 0.2) is 54.6 Å². The van der Waals surface area contributed by atoms with Crippen molar-refractivity contribution >= 4 is 5.69 Å². The number of nitrogens with zero attached hydrogens (tertiary/aromatic N) is 1. The van der Waals surface area contributed by atoms with Crippen LogP contribution in [0.3, 0.4) is 0 Å². The zero-order valence-electron chi connectivity index (χ0n) is 12.1. The summed E-state index contributed by atoms with van der Waals surface area (Å²) in [5.74, 6) is 0. The highest BCUT2D eigenvalue weighted by Crippen LogP contribution is 2.25. The Kier molecular flexibility index (Phi) is 4.42. The lowest BCUT2D eigenvalue weighted by atomic mass is 9.93. The molecule has 2 aromatic rings. The van der Waals surface area contributed by atoms with E-state index in [9.17, 15) is 5.11 Å². The third-order valence-corrected chi connectivity index (χ3v) is 3.67. The van der Waals surface area contributed by atoms with Crippen molar-refractivity contribution in [2.24, 2.45) is 5.73 Å². The minimum atomic E-state index is -1.04. The highest BCUT2D eigenvalue weighted by atomic mass is 16.3. The van der Waals surface area contributed by atoms with Gasteiger partial charge in [0.25, 0.3) is 0 Å². The molecule has 0 aromatic heterocycles. The first-order valence-corrected chi connectivity index (χ1v) is 6.81. The number of aryl methyl sites for hydroxylation is 1. The van der Waals surface area contributed by atoms with Crippen molar-refractivity contribution in [3.8, 4) is 0 Å². The first-order chi connectivity index (χ1) is 9.57. The van der Waals surface area contributed by atoms with E-state index in [-0.39, 0.29) is 6.54 Å². The fourth-order valence-electron chi connectivity index (χ4n) is 2.49. The Balaban J connectivity index is 2.24. The van der Waals surface area contributed by atoms with Gasteiger partial charge < -0.3 is 15.7 Å². The van der Waals surface area contributed by atoms with Crippen LogP contribution in [0.25, 0.3) is 0 Å². The van der Waals surface area contributed by atoms with E-state index in [1.165, 1.54) is 5.56 Å². The number of hydrogen-bond donors (Lipinski definition) is 2. The van der Waals surface area contributed by atoms with Crippen LogP contribution in [0, 0.1) is 6.92 Å². The molecule has 2 rings (SSSR count). The first kappa shape index (κ1) is 14.6. The average Bonchev–Trinajstić information content (AvgIpc) is 2.48. The summed E-state index contributed by atoms with van der Waals surface area (Å²) in [7, 11) is 1.98. The molecule has 0 bridgehead atoms. The van der Waals surface area contributed by atoms with E-state index in [2.05, 4.69) is 24.0 Å². The van der Waals surface area contributed by atoms with E-state index in [0.29, 0.717) is 6.54 Å². The van der Waals surface area contributed by atoms with Gasteiger partial charge in [-0.2, -0.15) is 0 Å². The van der Waals surface area contributed by atoms with Crippen molar-refractivity contribution in [3.63, 3.8) is 0 Å². The molecule has 0 aliphatic rings. The lowest BCUT2D eigenvalue weighted by molar-refractivity contribution is 0.0543. The molecule has 0 saturated heterocycles. The topological polar surface area (TPSA) is 49.5 Å². The number of hydrogen-bond acceptors (Lipinski definition) is 3. The molecule has 0 fully saturated rings. The second-order valence-corrected chi connectivity index (χ2v) is 5.24. The minimum absolute atomic E-state index is 0.188. The molecule has 1 atom stereocenters. The van der Waals surface area contributed by atoms with Gasteiger partial charge >= 0.3 is 0 Å². The van der Waals surface area contributed by atoms with Gasteiger partial charge in [-0.25, -0.2) is 0 Å². The summed E-state index contributed by atoms with van der Waals surface area (Å²) >= 11 is 0. The molecule has 20 heavy (non-hydrogen) atoms. The summed E-state index contributed by atoms with van der Waals surface area (Å²) in [6.45, 7) is 2.71. The standard InChI is InChI=1S/C17H22N2O/c1-14-8-6-7-11-16(14)19(2)13-17(20,12-18)15-9-4-3-5-10-15/h3-11,20H,12-13,18H2,1-2H3. The van der Waals surface area contributed by atoms with Crippen LogP contribution in [0.2, 0.25) is 0 Å². The predicted molar refractivity (Wildman–Crippen MR) is 83.8 cm³/mol. The van der Waals surface area contributed by atoms with Gasteiger partial charge in [0.15, 0.2) is 0 Å². The van der Waals surface area contributed by atoms with Crippen molar-refractivity contribution in [3.05, 3.63) is 65.7 Å². The number of likely N-dealkylation sites (N-methyl/N-ethyl adjacent to an activating group) is 1. The zero-order chi connectivity index (χ0) is 14.6. The number of nitrogens with two attached hydrogens (primary N) is 1. The lowest BCUT2D eigenvalue weighted by Crippen LogP contribution is -2.45. The molecule has 0 aliphatic heterocycles. The van der Waals surface area contributed by atoms with Crippen molar-refractivity contribution in [1.82, 2.24) is 0 Å². The van der Waals surface area contributed by atoms with Crippen molar-refractivity contribution in [2.45, 2.75) is 12.5 Å². The maximum atomic E-state index is 10.8. The average molecular weight is 270 g/mol. The van der Waals surface area contributed by atoms with Gasteiger partial charge in [-0.1, -0.05) is 48.5 Å². The Morgan fingerprint density at radius 2 is 1.65 bits per heavy atom. The zero-order valence-corrected chi connectivity index (χ0v) is 12.1. The van der Waals surface area contributed by atoms with Gasteiger partial charge in [-0.15, -0.1) is 0 Å². The Bertz CT molecular complexity index is 556. The highest BCUT2D eigenvalue weighted by Gasteiger charge is 2.29. The van der Waals surface area contributed by atoms with Crippen LogP contribution >= 0.6 is 0 Å². The van der Waals surface area contributed by atoms with E-state index in [0.717, 1.165) is 11.3 Å². The molecule has 0 aliphatic carbocycles. The van der Waals surface area contributed by atoms with E-state index in [1.54, 1.807) is 0 Å². The van der Waals surface area contributed by atoms with Crippen LogP contribution in [-0.2, 0) is 5.60 Å². The Hall–Kier alpha value is -1.84. The van der Waals surface area contributed by atoms with Gasteiger partial charge in [0.2, 0.25) is 0 Å². The second kappa shape index (κ2) is 6.07. The summed E-state index contributed by atoms with van der Waals surface area (Å²) in [6, 6.07) is 17.7. The minimum Gasteiger partial charge on any atom is -0.382 e. The third-order valence-electron chi connectivity index (χ3n) is 3.67. The van der Waals surface area contributed by atoms with Gasteiger partial charge in [-0.3, -0.25) is 0 Å². The molecular weight excluding hydrogens is 248 g/mol. The van der Waals surface area contributed by atoms with Crippen molar-refractivity contribution < 1.29 is 5.11 Å². The predicted octanol–water partition coefficient (Wildman–Crippen LogP) is 2.28. The summed E-state index contributed by atoms with van der Waals surface area (Å²) in [4.78, 5) is 2.05. The van der Waals surface area contributed by atoms with Gasteiger partial charge in [0.05, 0.1) is 6.54 Å². The number of rotatable bonds is 5. The maximum Gasteiger partial charge on any atom is 0.119 e. The van der Waals surface area contributed by atoms with Crippen molar-refractivity contribution in [2.75, 3.05) is 25.0 Å². The lowest BCUT2D eigenvalue weighted by Gasteiger charge is -2.33. The summed E-state index contributed by atoms with van der Waals surface area (Å²) in [6.07, 6.45) is 0. The molecule has 0 saturated carbocycles. The largest absolute Gasteiger partial charge is 0.382 e. The normalized spacial score (nSPS) is 13.8. The van der Waals surface area contributed by atoms with Crippen LogP contribution < -0.4 is 10.6 Å². The molecule has 1 unspecified atom stereocenters. The smallest absolute Gasteiger partial charge is 0.119 e. The van der Waals surface area contributed by atoms with Gasteiger partial charge in [0, 0.05) is 19.3 Å². The Labute approximate surface area is 120 Å². The quantitative estimate of drug-likeness (QED) is 0.876. The number of anilines is 1. The third kappa shape index (κ3) is 3.00. The summed E-state index contributed by atoms with van der Waals surface area (Å²) < 4.78 is 0.